The van der Waals surface area contributed by atoms with Crippen LogP contribution < -0.4 is 151 Å². The van der Waals surface area contributed by atoms with E-state index in [9.17, 15) is 87.4 Å². The molecule has 138 heavy (non-hydrogen) atoms. The average molecular weight is 2100 g/mol. The minimum atomic E-state index is -1.62. The van der Waals surface area contributed by atoms with Gasteiger partial charge >= 0.3 is 127 Å². The van der Waals surface area contributed by atoms with E-state index >= 15 is 0 Å². The molecule has 6 aromatic carbocycles. The number of aliphatic hydroxyl groups is 3. The molecule has 0 fully saturated rings. The Kier molecular flexibility index (Phi) is 55.5. The molecule has 50 heteroatoms. The number of nitro benzene ring substituents is 4. The van der Waals surface area contributed by atoms with Gasteiger partial charge in [-0.25, -0.2) is 23.4 Å². The predicted octanol–water partition coefficient (Wildman–Crippen LogP) is 8.89. The number of nitro groups is 4. The maximum Gasteiger partial charge on any atom is 1.00 e. The number of hydrogen-bond acceptors (Lipinski definition) is 38. The number of pyridine rings is 1. The molecule has 0 bridgehead atoms. The van der Waals surface area contributed by atoms with Crippen molar-refractivity contribution in [2.24, 2.45) is 11.7 Å². The molecule has 14 rings (SSSR count). The summed E-state index contributed by atoms with van der Waals surface area (Å²) < 4.78 is 51.2. The molecular formula is C88H105ClFK2N13O27S6. The Hall–Kier alpha value is -9.67. The van der Waals surface area contributed by atoms with Crippen LogP contribution in [0.25, 0.3) is 57.3 Å². The number of alkyl carbamates (subject to hydrolysis) is 1. The second-order valence-electron chi connectivity index (χ2n) is 29.8. The van der Waals surface area contributed by atoms with Crippen LogP contribution in [-0.2, 0) is 49.0 Å². The Balaban J connectivity index is 0.000000809. The SMILES string of the molecule is CC(=O)CS.CC(C)CN.CCOC(=O)C1=Cc2cc([N+](=O)[O-])ccc2S1=O.CCOC(=O)c1cc2cc([N+](=O)[O-])ccc2s1.CCOC(=O)c1sc2ccc([N+](=O)[O-])cc2c1NC[C@H](C)NC(=O)OC(C)(C)C.C[C@H]1CNc2c(sc3ccc(N)cc23)C(=O)N1.Cc1ccc2c(ccc3sc4c(c32)NC[C@H](C)NC4=O)n1.O=CO[O-].O=Cc1cc([N+](=O)[O-])ccc1Cl.OCC(O)CO.[2H]CF.[H-].[K+].[K+]. The van der Waals surface area contributed by atoms with Gasteiger partial charge in [-0.2, -0.15) is 12.6 Å². The number of halogens is 2. The Morgan fingerprint density at radius 3 is 1.72 bits per heavy atom. The molecular weight excluding hydrogens is 2000 g/mol. The van der Waals surface area contributed by atoms with Gasteiger partial charge in [0.05, 0.1) is 105 Å². The number of aromatic nitrogens is 1. The summed E-state index contributed by atoms with van der Waals surface area (Å²) in [5.74, 6) is -0.407. The van der Waals surface area contributed by atoms with Crippen LogP contribution in [0.3, 0.4) is 0 Å². The van der Waals surface area contributed by atoms with Crippen molar-refractivity contribution in [3.8, 4) is 0 Å². The molecule has 13 N–H and O–H groups in total. The first-order valence-corrected chi connectivity index (χ1v) is 46.2. The minimum Gasteiger partial charge on any atom is -1.00 e. The van der Waals surface area contributed by atoms with Crippen molar-refractivity contribution in [2.75, 3.05) is 93.8 Å². The zero-order valence-corrected chi connectivity index (χ0v) is 89.7. The maximum atomic E-state index is 12.4. The molecule has 8 heterocycles. The second kappa shape index (κ2) is 62.5. The third kappa shape index (κ3) is 39.1. The number of aryl methyl sites for hydroxylation is 1. The standard InChI is InChI=1S/C19H25N3O6S.C16H15N3OS.C12H13N3OS.C11H9NO5S.C11H9NO4S.C7H4ClNO3.C4H11N.C3H8O3.C3H6OS.CH3F.CH2O3.2K.H/c1-6-27-17(23)16-15(13-9-12(22(25)26)7-8-14(13)29-16)20-10-11(2)21-18(24)28-19(3,4)5;1-8-3-4-10-11(18-8)5-6-12-13(10)14-15(21-12)16(20)19-9(2)7-17-14;1-6-5-14-10-8-4-7(13)2-3-9(8)17-11(10)12(16)15-6;1-2-17-11(13)10-6-7-5-8(12(14)15)3-4-9(7)18(10)16;1-2-16-11(13)10-6-7-5-8(12(14)15)3-4-9(7)17-10;8-7-2-1-6(9(11)12)3-5(7)4-10;1-4(2)3-5;4-1-3(6)2-5;1-3(4)2-5;1-2;2-1-4-3;;;/h7-9,11,20H,6,10H2,1-5H3,(H,21,24);3-6,9,17H,7H2,1-2H3,(H,19,20);2-4,6,14H,5,13H2,1H3,(H,15,16);3-6H,2H2,1H3;3-6H,2H2,1H3;1-4H;4H,3,5H2,1-2H3;3-6H,1-2H2;5H,2H2,1H3;1H3;1,3H;;;/q;;;;;;;;;;;2*+1;-1/p-1/t11-;9-;6-;;;;;;;;;;;/m000.........../s1/i;;;;;;;;;1D;;;;. The smallest absolute Gasteiger partial charge is 1.00 e. The fraction of sp³-hybridized carbons (Fsp3) is 0.341. The quantitative estimate of drug-likeness (QED) is 0.00390. The zero-order chi connectivity index (χ0) is 103. The Labute approximate surface area is 908 Å². The molecule has 3 aliphatic heterocycles. The van der Waals surface area contributed by atoms with Gasteiger partial charge in [-0.15, -0.1) is 45.3 Å². The average Bonchev–Trinajstić information content (AvgIpc) is 1.63. The van der Waals surface area contributed by atoms with E-state index in [1.165, 1.54) is 113 Å². The number of nitrogen functional groups attached to an aromatic ring is 1. The van der Waals surface area contributed by atoms with Crippen LogP contribution >= 0.6 is 69.6 Å². The summed E-state index contributed by atoms with van der Waals surface area (Å²) in [6.07, 6.45) is 0.347. The van der Waals surface area contributed by atoms with E-state index in [1.807, 2.05) is 51.1 Å². The first kappa shape index (κ1) is 122. The molecule has 1 unspecified atom stereocenters. The number of aldehydes is 1. The summed E-state index contributed by atoms with van der Waals surface area (Å²) in [5, 5.41) is 98.3. The molecule has 3 aliphatic rings. The number of carbonyl (C=O) groups is 9. The van der Waals surface area contributed by atoms with Crippen LogP contribution in [0.2, 0.25) is 5.02 Å². The number of non-ortho nitro benzene ring substituents is 4. The number of aliphatic hydroxyl groups excluding tert-OH is 3. The van der Waals surface area contributed by atoms with Crippen LogP contribution in [0.15, 0.2) is 131 Å². The van der Waals surface area contributed by atoms with Gasteiger partial charge in [-0.3, -0.25) is 73.8 Å². The van der Waals surface area contributed by atoms with Gasteiger partial charge in [0, 0.05) is 155 Å². The fourth-order valence-corrected chi connectivity index (χ4v) is 16.7. The molecule has 40 nitrogen and oxygen atoms in total. The van der Waals surface area contributed by atoms with Crippen molar-refractivity contribution in [2.45, 2.75) is 125 Å². The molecule has 0 saturated heterocycles. The number of esters is 3. The number of nitrogens with zero attached hydrogens (tertiary/aromatic N) is 5. The van der Waals surface area contributed by atoms with E-state index in [1.54, 1.807) is 66.7 Å². The van der Waals surface area contributed by atoms with E-state index in [0.717, 1.165) is 94.0 Å². The van der Waals surface area contributed by atoms with Gasteiger partial charge in [0.15, 0.2) is 6.29 Å². The molecule has 0 saturated carbocycles. The monoisotopic (exact) mass is 2100 g/mol. The van der Waals surface area contributed by atoms with Gasteiger partial charge in [0.2, 0.25) is 0 Å². The number of thiophene rings is 4. The van der Waals surface area contributed by atoms with Crippen LogP contribution in [-0.4, -0.2) is 201 Å². The fourth-order valence-electron chi connectivity index (χ4n) is 11.2. The van der Waals surface area contributed by atoms with Crippen molar-refractivity contribution in [3.05, 3.63) is 208 Å². The molecule has 736 valence electrons. The van der Waals surface area contributed by atoms with Crippen LogP contribution in [0.5, 0.6) is 0 Å². The number of Topliss-reactive ketones (excluding diaryl/α,β-unsaturated/α-hetero) is 1. The summed E-state index contributed by atoms with van der Waals surface area (Å²) in [7, 11) is -2.62. The van der Waals surface area contributed by atoms with E-state index in [0.29, 0.717) is 65.9 Å². The van der Waals surface area contributed by atoms with Gasteiger partial charge in [-0.05, 0) is 167 Å². The second-order valence-corrected chi connectivity index (χ2v) is 36.2. The molecule has 0 spiro atoms. The third-order valence-electron chi connectivity index (χ3n) is 17.4. The van der Waals surface area contributed by atoms with E-state index in [-0.39, 0.29) is 218 Å². The van der Waals surface area contributed by atoms with Gasteiger partial charge < -0.3 is 89.2 Å². The zero-order valence-electron chi connectivity index (χ0n) is 79.7. The van der Waals surface area contributed by atoms with Crippen molar-refractivity contribution in [1.29, 1.82) is 0 Å². The number of ketones is 1. The number of nitrogens with two attached hydrogens (primary N) is 2. The largest absolute Gasteiger partial charge is 1.00 e. The third-order valence-corrected chi connectivity index (χ3v) is 24.2. The van der Waals surface area contributed by atoms with Crippen molar-refractivity contribution < 1.29 is 221 Å². The normalized spacial score (nSPS) is 13.4. The number of thiol groups is 1. The Morgan fingerprint density at radius 2 is 1.20 bits per heavy atom. The number of nitrogens with one attached hydrogen (secondary N) is 6. The number of hydrogen-bond donors (Lipinski definition) is 12. The number of carbonyl (C=O) groups excluding carboxylic acids is 9. The van der Waals surface area contributed by atoms with E-state index in [2.05, 4.69) is 80.4 Å². The number of anilines is 4. The molecule has 0 radical (unpaired) electrons. The summed E-state index contributed by atoms with van der Waals surface area (Å²) in [4.78, 5) is 151. The first-order valence-electron chi connectivity index (χ1n) is 41.5. The van der Waals surface area contributed by atoms with Crippen LogP contribution in [0.4, 0.5) is 54.7 Å². The summed E-state index contributed by atoms with van der Waals surface area (Å²) in [5.41, 5.74) is 15.6. The molecule has 5 aromatic heterocycles. The van der Waals surface area contributed by atoms with Crippen molar-refractivity contribution >= 4 is 238 Å². The summed E-state index contributed by atoms with van der Waals surface area (Å²) in [6, 6.07) is 32.1. The van der Waals surface area contributed by atoms with Gasteiger partial charge in [-0.1, -0.05) is 31.5 Å². The van der Waals surface area contributed by atoms with Crippen molar-refractivity contribution in [1.82, 2.24) is 20.9 Å². The molecule has 4 atom stereocenters. The van der Waals surface area contributed by atoms with Gasteiger partial charge in [0.25, 0.3) is 41.0 Å². The van der Waals surface area contributed by atoms with E-state index in [4.69, 9.17) is 68.8 Å². The number of amides is 3. The number of alkyl halides is 1. The number of ether oxygens (including phenoxy) is 4. The number of benzene rings is 6. The van der Waals surface area contributed by atoms with Gasteiger partial charge in [0.1, 0.15) is 41.9 Å². The number of fused-ring (bicyclic) bond motifs is 11. The minimum absolute atomic E-state index is 0. The molecule has 0 aliphatic carbocycles. The summed E-state index contributed by atoms with van der Waals surface area (Å²) >= 11 is 14.7. The molecule has 3 amide bonds. The summed E-state index contributed by atoms with van der Waals surface area (Å²) in [6.45, 7) is 26.2. The Bertz CT molecular complexity index is 6150. The van der Waals surface area contributed by atoms with E-state index < -0.39 is 73.4 Å². The van der Waals surface area contributed by atoms with Crippen molar-refractivity contribution in [3.63, 3.8) is 0 Å². The van der Waals surface area contributed by atoms with Crippen LogP contribution in [0, 0.1) is 53.3 Å². The predicted molar refractivity (Wildman–Crippen MR) is 527 cm³/mol. The first-order chi connectivity index (χ1) is 64.8. The topological polar surface area (TPSA) is 610 Å². The maximum absolute atomic E-state index is 12.4. The Morgan fingerprint density at radius 1 is 0.710 bits per heavy atom. The van der Waals surface area contributed by atoms with Crippen LogP contribution in [0.1, 0.15) is 146 Å². The molecule has 11 aromatic rings. The number of rotatable bonds is 20.